The Morgan fingerprint density at radius 1 is 1.33 bits per heavy atom. The molecule has 0 unspecified atom stereocenters. The second kappa shape index (κ2) is 6.53. The lowest BCUT2D eigenvalue weighted by molar-refractivity contribution is 1.21. The van der Waals surface area contributed by atoms with Crippen LogP contribution in [0.3, 0.4) is 0 Å². The summed E-state index contributed by atoms with van der Waals surface area (Å²) in [5, 5.41) is 3.17. The second-order valence-corrected chi connectivity index (χ2v) is 2.16. The van der Waals surface area contributed by atoms with Crippen LogP contribution < -0.4 is 11.1 Å². The zero-order valence-electron chi connectivity index (χ0n) is 8.09. The fourth-order valence-corrected chi connectivity index (χ4v) is 0.853. The van der Waals surface area contributed by atoms with Gasteiger partial charge in [-0.2, -0.15) is 0 Å². The van der Waals surface area contributed by atoms with Crippen LogP contribution in [-0.2, 0) is 0 Å². The molecule has 0 atom stereocenters. The van der Waals surface area contributed by atoms with Crippen molar-refractivity contribution in [2.75, 3.05) is 17.6 Å². The van der Waals surface area contributed by atoms with E-state index in [1.807, 2.05) is 38.1 Å². The number of nitrogens with two attached hydrogens (primary N) is 1. The summed E-state index contributed by atoms with van der Waals surface area (Å²) < 4.78 is 0. The third-order valence-electron chi connectivity index (χ3n) is 1.27. The average Bonchev–Trinajstić information content (AvgIpc) is 2.09. The van der Waals surface area contributed by atoms with Gasteiger partial charge in [-0.3, -0.25) is 0 Å². The van der Waals surface area contributed by atoms with Gasteiger partial charge in [-0.25, -0.2) is 0 Å². The molecule has 2 nitrogen and oxygen atoms in total. The molecule has 0 aliphatic carbocycles. The van der Waals surface area contributed by atoms with Crippen molar-refractivity contribution in [1.82, 2.24) is 0 Å². The van der Waals surface area contributed by atoms with E-state index in [1.54, 1.807) is 0 Å². The number of nitrogen functional groups attached to an aromatic ring is 1. The molecule has 0 aromatic heterocycles. The Kier molecular flexibility index (Phi) is 5.88. The number of nitrogens with one attached hydrogen (secondary N) is 1. The van der Waals surface area contributed by atoms with Crippen molar-refractivity contribution in [3.8, 4) is 0 Å². The second-order valence-electron chi connectivity index (χ2n) is 2.16. The number of hydrogen-bond acceptors (Lipinski definition) is 2. The summed E-state index contributed by atoms with van der Waals surface area (Å²) >= 11 is 0. The molecule has 0 amide bonds. The van der Waals surface area contributed by atoms with Crippen LogP contribution in [0.25, 0.3) is 0 Å². The smallest absolute Gasteiger partial charge is 0.0360 e. The van der Waals surface area contributed by atoms with E-state index in [9.17, 15) is 0 Å². The molecule has 0 heterocycles. The summed E-state index contributed by atoms with van der Waals surface area (Å²) in [6.07, 6.45) is 0. The van der Waals surface area contributed by atoms with Crippen molar-refractivity contribution in [2.24, 2.45) is 0 Å². The lowest BCUT2D eigenvalue weighted by Crippen LogP contribution is -1.96. The molecule has 0 aliphatic rings. The van der Waals surface area contributed by atoms with Crippen molar-refractivity contribution in [2.45, 2.75) is 20.8 Å². The summed E-state index contributed by atoms with van der Waals surface area (Å²) in [5.74, 6) is 0. The molecule has 0 spiro atoms. The predicted octanol–water partition coefficient (Wildman–Crippen LogP) is 2.73. The van der Waals surface area contributed by atoms with E-state index >= 15 is 0 Å². The van der Waals surface area contributed by atoms with Crippen LogP contribution in [0.15, 0.2) is 24.3 Å². The minimum atomic E-state index is 0.804. The summed E-state index contributed by atoms with van der Waals surface area (Å²) in [6.45, 7) is 6.99. The molecule has 1 rings (SSSR count). The van der Waals surface area contributed by atoms with Crippen LogP contribution >= 0.6 is 0 Å². The quantitative estimate of drug-likeness (QED) is 0.663. The topological polar surface area (TPSA) is 38.0 Å². The van der Waals surface area contributed by atoms with E-state index in [1.165, 1.54) is 0 Å². The normalized spacial score (nSPS) is 8.25. The van der Waals surface area contributed by atoms with Crippen LogP contribution in [0.4, 0.5) is 11.4 Å². The van der Waals surface area contributed by atoms with Gasteiger partial charge in [0.1, 0.15) is 0 Å². The SMILES string of the molecule is CC.CCNc1cccc(N)c1. The van der Waals surface area contributed by atoms with E-state index in [-0.39, 0.29) is 0 Å². The first-order valence-corrected chi connectivity index (χ1v) is 4.42. The van der Waals surface area contributed by atoms with E-state index in [0.717, 1.165) is 17.9 Å². The van der Waals surface area contributed by atoms with Crippen molar-refractivity contribution in [1.29, 1.82) is 0 Å². The van der Waals surface area contributed by atoms with E-state index in [0.29, 0.717) is 0 Å². The Bertz CT molecular complexity index is 209. The van der Waals surface area contributed by atoms with Gasteiger partial charge in [-0.05, 0) is 25.1 Å². The van der Waals surface area contributed by atoms with Crippen LogP contribution in [0.2, 0.25) is 0 Å². The van der Waals surface area contributed by atoms with Gasteiger partial charge < -0.3 is 11.1 Å². The molecule has 0 saturated heterocycles. The highest BCUT2D eigenvalue weighted by Gasteiger charge is 1.87. The maximum atomic E-state index is 5.55. The number of benzene rings is 1. The van der Waals surface area contributed by atoms with Crippen LogP contribution in [0.1, 0.15) is 20.8 Å². The van der Waals surface area contributed by atoms with Crippen LogP contribution in [-0.4, -0.2) is 6.54 Å². The Labute approximate surface area is 74.8 Å². The highest BCUT2D eigenvalue weighted by molar-refractivity contribution is 5.53. The number of anilines is 2. The van der Waals surface area contributed by atoms with E-state index in [2.05, 4.69) is 12.2 Å². The third-order valence-corrected chi connectivity index (χ3v) is 1.27. The zero-order valence-corrected chi connectivity index (χ0v) is 8.09. The number of hydrogen-bond donors (Lipinski definition) is 2. The first-order valence-electron chi connectivity index (χ1n) is 4.42. The molecule has 0 bridgehead atoms. The van der Waals surface area contributed by atoms with E-state index in [4.69, 9.17) is 5.73 Å². The van der Waals surface area contributed by atoms with Gasteiger partial charge in [0.15, 0.2) is 0 Å². The standard InChI is InChI=1S/C8H12N2.C2H6/c1-2-10-8-5-3-4-7(9)6-8;1-2/h3-6,10H,2,9H2,1H3;1-2H3. The van der Waals surface area contributed by atoms with Gasteiger partial charge >= 0.3 is 0 Å². The van der Waals surface area contributed by atoms with Gasteiger partial charge in [-0.15, -0.1) is 0 Å². The molecule has 0 radical (unpaired) electrons. The van der Waals surface area contributed by atoms with Crippen molar-refractivity contribution < 1.29 is 0 Å². The molecule has 1 aromatic carbocycles. The van der Waals surface area contributed by atoms with Crippen LogP contribution in [0.5, 0.6) is 0 Å². The molecular weight excluding hydrogens is 148 g/mol. The zero-order chi connectivity index (χ0) is 9.40. The van der Waals surface area contributed by atoms with Gasteiger partial charge in [0.05, 0.1) is 0 Å². The summed E-state index contributed by atoms with van der Waals surface area (Å²) in [7, 11) is 0. The first kappa shape index (κ1) is 10.8. The summed E-state index contributed by atoms with van der Waals surface area (Å²) in [6, 6.07) is 7.73. The Morgan fingerprint density at radius 3 is 2.50 bits per heavy atom. The highest BCUT2D eigenvalue weighted by atomic mass is 14.8. The Balaban J connectivity index is 0.000000561. The molecule has 12 heavy (non-hydrogen) atoms. The summed E-state index contributed by atoms with van der Waals surface area (Å²) in [5.41, 5.74) is 7.44. The fourth-order valence-electron chi connectivity index (χ4n) is 0.853. The molecule has 3 N–H and O–H groups in total. The van der Waals surface area contributed by atoms with Crippen molar-refractivity contribution >= 4 is 11.4 Å². The summed E-state index contributed by atoms with van der Waals surface area (Å²) in [4.78, 5) is 0. The molecule has 1 aromatic rings. The molecule has 0 aliphatic heterocycles. The maximum absolute atomic E-state index is 5.55. The third kappa shape index (κ3) is 3.86. The lowest BCUT2D eigenvalue weighted by Gasteiger charge is -2.01. The van der Waals surface area contributed by atoms with Crippen molar-refractivity contribution in [3.63, 3.8) is 0 Å². The first-order chi connectivity index (χ1) is 5.83. The number of rotatable bonds is 2. The highest BCUT2D eigenvalue weighted by Crippen LogP contribution is 2.10. The average molecular weight is 166 g/mol. The molecule has 0 fully saturated rings. The Hall–Kier alpha value is -1.18. The maximum Gasteiger partial charge on any atom is 0.0360 e. The van der Waals surface area contributed by atoms with E-state index < -0.39 is 0 Å². The largest absolute Gasteiger partial charge is 0.399 e. The molecule has 0 saturated carbocycles. The van der Waals surface area contributed by atoms with Gasteiger partial charge in [0, 0.05) is 17.9 Å². The van der Waals surface area contributed by atoms with Gasteiger partial charge in [0.2, 0.25) is 0 Å². The molecule has 68 valence electrons. The Morgan fingerprint density at radius 2 is 2.00 bits per heavy atom. The van der Waals surface area contributed by atoms with Crippen molar-refractivity contribution in [3.05, 3.63) is 24.3 Å². The van der Waals surface area contributed by atoms with Gasteiger partial charge in [-0.1, -0.05) is 19.9 Å². The predicted molar refractivity (Wildman–Crippen MR) is 56.4 cm³/mol. The molecular formula is C10H18N2. The minimum absolute atomic E-state index is 0.804. The van der Waals surface area contributed by atoms with Crippen LogP contribution in [0, 0.1) is 0 Å². The fraction of sp³-hybridized carbons (Fsp3) is 0.400. The molecule has 2 heteroatoms. The minimum Gasteiger partial charge on any atom is -0.399 e. The monoisotopic (exact) mass is 166 g/mol. The lowest BCUT2D eigenvalue weighted by atomic mass is 10.3. The van der Waals surface area contributed by atoms with Gasteiger partial charge in [0.25, 0.3) is 0 Å².